The Hall–Kier alpha value is -1.08. The van der Waals surface area contributed by atoms with Crippen molar-refractivity contribution in [3.63, 3.8) is 0 Å². The maximum Gasteiger partial charge on any atom is 0.233 e. The van der Waals surface area contributed by atoms with Crippen molar-refractivity contribution in [2.45, 2.75) is 6.92 Å². The minimum Gasteiger partial charge on any atom is -0.285 e. The molecular formula is C8H7BrN4OS. The van der Waals surface area contributed by atoms with Crippen LogP contribution in [0.2, 0.25) is 0 Å². The predicted octanol–water partition coefficient (Wildman–Crippen LogP) is 1.57. The molecule has 0 spiro atoms. The van der Waals surface area contributed by atoms with Gasteiger partial charge < -0.3 is 0 Å². The fourth-order valence-corrected chi connectivity index (χ4v) is 2.26. The Morgan fingerprint density at radius 1 is 1.60 bits per heavy atom. The minimum absolute atomic E-state index is 0.168. The zero-order valence-corrected chi connectivity index (χ0v) is 10.5. The molecule has 0 fully saturated rings. The Balaban J connectivity index is 2.45. The van der Waals surface area contributed by atoms with Crippen molar-refractivity contribution in [1.29, 1.82) is 0 Å². The molecule has 2 heterocycles. The molecule has 0 bridgehead atoms. The lowest BCUT2D eigenvalue weighted by Gasteiger charge is -1.96. The summed E-state index contributed by atoms with van der Waals surface area (Å²) in [5, 5.41) is 10.1. The summed E-state index contributed by atoms with van der Waals surface area (Å²) in [6, 6.07) is 0. The first-order valence-corrected chi connectivity index (χ1v) is 5.79. The second-order valence-corrected chi connectivity index (χ2v) is 4.75. The molecule has 0 aliphatic heterocycles. The Labute approximate surface area is 98.3 Å². The number of carbonyl (C=O) groups excluding carboxylic acids is 1. The number of hydrogen-bond acceptors (Lipinski definition) is 5. The Morgan fingerprint density at radius 2 is 2.33 bits per heavy atom. The van der Waals surface area contributed by atoms with Crippen molar-refractivity contribution in [1.82, 2.24) is 20.0 Å². The van der Waals surface area contributed by atoms with Gasteiger partial charge in [-0.05, 0) is 22.9 Å². The molecular weight excluding hydrogens is 280 g/mol. The van der Waals surface area contributed by atoms with E-state index < -0.39 is 0 Å². The summed E-state index contributed by atoms with van der Waals surface area (Å²) in [6.45, 7) is 1.86. The average Bonchev–Trinajstić information content (AvgIpc) is 2.73. The van der Waals surface area contributed by atoms with Gasteiger partial charge in [-0.3, -0.25) is 4.79 Å². The van der Waals surface area contributed by atoms with Gasteiger partial charge in [0.1, 0.15) is 11.4 Å². The molecule has 0 radical (unpaired) electrons. The Kier molecular flexibility index (Phi) is 2.66. The number of hydrogen-bond donors (Lipinski definition) is 0. The van der Waals surface area contributed by atoms with Crippen molar-refractivity contribution in [2.24, 2.45) is 7.05 Å². The van der Waals surface area contributed by atoms with Crippen LogP contribution in [0.25, 0.3) is 0 Å². The molecule has 0 atom stereocenters. The van der Waals surface area contributed by atoms with E-state index in [1.54, 1.807) is 12.4 Å². The first kappa shape index (κ1) is 10.4. The van der Waals surface area contributed by atoms with Gasteiger partial charge in [0.05, 0.1) is 5.01 Å². The first-order valence-electron chi connectivity index (χ1n) is 4.11. The van der Waals surface area contributed by atoms with Gasteiger partial charge in [-0.15, -0.1) is 16.4 Å². The van der Waals surface area contributed by atoms with E-state index in [1.165, 1.54) is 16.0 Å². The molecule has 0 unspecified atom stereocenters. The van der Waals surface area contributed by atoms with E-state index in [0.29, 0.717) is 16.0 Å². The van der Waals surface area contributed by atoms with Crippen molar-refractivity contribution in [3.8, 4) is 0 Å². The largest absolute Gasteiger partial charge is 0.285 e. The third-order valence-electron chi connectivity index (χ3n) is 1.85. The van der Waals surface area contributed by atoms with Crippen LogP contribution in [0.1, 0.15) is 21.2 Å². The highest BCUT2D eigenvalue weighted by Crippen LogP contribution is 2.18. The van der Waals surface area contributed by atoms with Crippen LogP contribution >= 0.6 is 27.3 Å². The van der Waals surface area contributed by atoms with Gasteiger partial charge >= 0.3 is 0 Å². The van der Waals surface area contributed by atoms with Crippen LogP contribution < -0.4 is 0 Å². The molecule has 78 valence electrons. The maximum atomic E-state index is 12.0. The molecule has 0 aliphatic rings. The number of thiazole rings is 1. The number of nitrogens with zero attached hydrogens (tertiary/aromatic N) is 4. The summed E-state index contributed by atoms with van der Waals surface area (Å²) in [4.78, 5) is 16.1. The zero-order chi connectivity index (χ0) is 11.0. The van der Waals surface area contributed by atoms with Crippen LogP contribution in [-0.2, 0) is 7.05 Å². The third-order valence-corrected chi connectivity index (χ3v) is 3.16. The summed E-state index contributed by atoms with van der Waals surface area (Å²) in [7, 11) is 1.67. The second kappa shape index (κ2) is 3.82. The Bertz CT molecular complexity index is 499. The van der Waals surface area contributed by atoms with Crippen molar-refractivity contribution in [2.75, 3.05) is 0 Å². The molecule has 7 heteroatoms. The van der Waals surface area contributed by atoms with Gasteiger partial charge in [-0.2, -0.15) is 0 Å². The fourth-order valence-electron chi connectivity index (χ4n) is 1.16. The van der Waals surface area contributed by atoms with Gasteiger partial charge in [-0.25, -0.2) is 9.67 Å². The van der Waals surface area contributed by atoms with Gasteiger partial charge in [0.2, 0.25) is 5.78 Å². The van der Waals surface area contributed by atoms with E-state index in [1.807, 2.05) is 6.92 Å². The highest BCUT2D eigenvalue weighted by molar-refractivity contribution is 9.10. The van der Waals surface area contributed by atoms with Gasteiger partial charge in [0.25, 0.3) is 0 Å². The average molecular weight is 287 g/mol. The lowest BCUT2D eigenvalue weighted by Crippen LogP contribution is -2.09. The monoisotopic (exact) mass is 286 g/mol. The smallest absolute Gasteiger partial charge is 0.233 e. The molecule has 0 saturated carbocycles. The van der Waals surface area contributed by atoms with E-state index in [0.717, 1.165) is 5.01 Å². The van der Waals surface area contributed by atoms with Crippen molar-refractivity contribution >= 4 is 33.0 Å². The topological polar surface area (TPSA) is 60.7 Å². The molecule has 0 aromatic carbocycles. The van der Waals surface area contributed by atoms with Crippen LogP contribution in [0, 0.1) is 6.92 Å². The maximum absolute atomic E-state index is 12.0. The highest BCUT2D eigenvalue weighted by atomic mass is 79.9. The quantitative estimate of drug-likeness (QED) is 0.787. The predicted molar refractivity (Wildman–Crippen MR) is 59.0 cm³/mol. The molecule has 5 nitrogen and oxygen atoms in total. The number of rotatable bonds is 2. The van der Waals surface area contributed by atoms with Gasteiger partial charge in [0.15, 0.2) is 4.60 Å². The van der Waals surface area contributed by atoms with E-state index in [2.05, 4.69) is 31.2 Å². The van der Waals surface area contributed by atoms with Crippen molar-refractivity contribution in [3.05, 3.63) is 26.4 Å². The summed E-state index contributed by atoms with van der Waals surface area (Å²) in [6.07, 6.45) is 0. The molecule has 2 rings (SSSR count). The van der Waals surface area contributed by atoms with Crippen molar-refractivity contribution < 1.29 is 4.79 Å². The van der Waals surface area contributed by atoms with E-state index in [9.17, 15) is 4.79 Å². The Morgan fingerprint density at radius 3 is 2.80 bits per heavy atom. The van der Waals surface area contributed by atoms with E-state index in [4.69, 9.17) is 0 Å². The van der Waals surface area contributed by atoms with E-state index >= 15 is 0 Å². The molecule has 0 saturated heterocycles. The zero-order valence-electron chi connectivity index (χ0n) is 8.06. The summed E-state index contributed by atoms with van der Waals surface area (Å²) >= 11 is 4.63. The molecule has 0 amide bonds. The summed E-state index contributed by atoms with van der Waals surface area (Å²) in [5.41, 5.74) is 0.851. The first-order chi connectivity index (χ1) is 7.09. The van der Waals surface area contributed by atoms with Gasteiger partial charge in [-0.1, -0.05) is 5.21 Å². The summed E-state index contributed by atoms with van der Waals surface area (Å²) < 4.78 is 1.88. The van der Waals surface area contributed by atoms with Crippen LogP contribution in [0.5, 0.6) is 0 Å². The molecule has 15 heavy (non-hydrogen) atoms. The number of ketones is 1. The van der Waals surface area contributed by atoms with E-state index in [-0.39, 0.29) is 5.78 Å². The number of aromatic nitrogens is 4. The number of aryl methyl sites for hydroxylation is 2. The molecule has 0 aliphatic carbocycles. The highest BCUT2D eigenvalue weighted by Gasteiger charge is 2.20. The minimum atomic E-state index is -0.168. The normalized spacial score (nSPS) is 10.6. The molecule has 2 aromatic rings. The van der Waals surface area contributed by atoms with Gasteiger partial charge in [0, 0.05) is 12.4 Å². The van der Waals surface area contributed by atoms with Crippen LogP contribution in [0.4, 0.5) is 0 Å². The molecule has 0 N–H and O–H groups in total. The lowest BCUT2D eigenvalue weighted by molar-refractivity contribution is 0.102. The molecule has 2 aromatic heterocycles. The summed E-state index contributed by atoms with van der Waals surface area (Å²) in [5.74, 6) is -0.168. The fraction of sp³-hybridized carbons (Fsp3) is 0.250. The standard InChI is InChI=1S/C8H7BrN4OS/c1-4-10-5(3-15-4)7(14)6-8(9)11-12-13(6)2/h3H,1-2H3. The second-order valence-electron chi connectivity index (χ2n) is 2.93. The SMILES string of the molecule is Cc1nc(C(=O)c2c(Br)nnn2C)cs1. The lowest BCUT2D eigenvalue weighted by atomic mass is 10.2. The van der Waals surface area contributed by atoms with Crippen LogP contribution in [-0.4, -0.2) is 25.8 Å². The van der Waals surface area contributed by atoms with Crippen LogP contribution in [0.15, 0.2) is 9.98 Å². The third kappa shape index (κ3) is 1.84. The number of halogens is 1. The van der Waals surface area contributed by atoms with Crippen LogP contribution in [0.3, 0.4) is 0 Å². The number of carbonyl (C=O) groups is 1.